The second kappa shape index (κ2) is 7.94. The molecule has 0 unspecified atom stereocenters. The lowest BCUT2D eigenvalue weighted by Gasteiger charge is -2.09. The fraction of sp³-hybridized carbons (Fsp3) is 0.120. The highest BCUT2D eigenvalue weighted by atomic mass is 32.2. The quantitative estimate of drug-likeness (QED) is 0.354. The van der Waals surface area contributed by atoms with E-state index in [0.717, 1.165) is 56.4 Å². The molecular weight excluding hydrogens is 388 g/mol. The minimum atomic E-state index is 0.847. The number of hydrogen-bond donors (Lipinski definition) is 1. The molecule has 0 atom stereocenters. The molecule has 4 nitrogen and oxygen atoms in total. The normalized spacial score (nSPS) is 11.4. The molecule has 0 amide bonds. The highest BCUT2D eigenvalue weighted by molar-refractivity contribution is 7.97. The molecular formula is C25H22N4S. The molecule has 0 bridgehead atoms. The number of nitrogens with two attached hydrogens (primary N) is 1. The zero-order valence-corrected chi connectivity index (χ0v) is 17.6. The zero-order valence-electron chi connectivity index (χ0n) is 16.7. The summed E-state index contributed by atoms with van der Waals surface area (Å²) in [7, 11) is 0. The smallest absolute Gasteiger partial charge is 0.162 e. The van der Waals surface area contributed by atoms with E-state index in [2.05, 4.69) is 66.6 Å². The van der Waals surface area contributed by atoms with Crippen molar-refractivity contribution in [1.29, 1.82) is 0 Å². The van der Waals surface area contributed by atoms with Crippen molar-refractivity contribution in [2.75, 3.05) is 0 Å². The van der Waals surface area contributed by atoms with Crippen molar-refractivity contribution < 1.29 is 0 Å². The molecule has 3 aromatic carbocycles. The standard InChI is InChI=1S/C25H22N4S/c1-2-5-17-8-10-18(11-9-17)19-14-27-25-23(15-28-29(25)16-19)21-12-13-24(30-26)22-7-4-3-6-20(21)22/h3-4,6-16H,2,5,26H2,1H3. The number of nitrogens with zero attached hydrogens (tertiary/aromatic N) is 3. The van der Waals surface area contributed by atoms with E-state index in [1.54, 1.807) is 0 Å². The topological polar surface area (TPSA) is 56.2 Å². The fourth-order valence-corrected chi connectivity index (χ4v) is 4.43. The summed E-state index contributed by atoms with van der Waals surface area (Å²) in [6.07, 6.45) is 8.14. The van der Waals surface area contributed by atoms with E-state index in [1.807, 2.05) is 29.2 Å². The number of aryl methyl sites for hydroxylation is 1. The summed E-state index contributed by atoms with van der Waals surface area (Å²) < 4.78 is 1.87. The molecule has 5 rings (SSSR count). The van der Waals surface area contributed by atoms with Crippen molar-refractivity contribution in [3.05, 3.63) is 84.8 Å². The maximum atomic E-state index is 5.86. The van der Waals surface area contributed by atoms with E-state index in [4.69, 9.17) is 10.1 Å². The maximum Gasteiger partial charge on any atom is 0.162 e. The van der Waals surface area contributed by atoms with Crippen LogP contribution in [0.15, 0.2) is 84.1 Å². The van der Waals surface area contributed by atoms with Gasteiger partial charge in [0.25, 0.3) is 0 Å². The van der Waals surface area contributed by atoms with Crippen molar-refractivity contribution in [3.8, 4) is 22.3 Å². The first-order chi connectivity index (χ1) is 14.8. The first kappa shape index (κ1) is 18.9. The predicted molar refractivity (Wildman–Crippen MR) is 125 cm³/mol. The summed E-state index contributed by atoms with van der Waals surface area (Å²) in [5, 5.41) is 12.8. The molecule has 0 aliphatic heterocycles. The third-order valence-electron chi connectivity index (χ3n) is 5.48. The Morgan fingerprint density at radius 2 is 1.67 bits per heavy atom. The fourth-order valence-electron chi connectivity index (χ4n) is 3.98. The van der Waals surface area contributed by atoms with Crippen molar-refractivity contribution in [2.45, 2.75) is 24.7 Å². The largest absolute Gasteiger partial charge is 0.274 e. The third kappa shape index (κ3) is 3.26. The summed E-state index contributed by atoms with van der Waals surface area (Å²) in [5.41, 5.74) is 6.55. The van der Waals surface area contributed by atoms with Gasteiger partial charge in [-0.25, -0.2) is 9.50 Å². The van der Waals surface area contributed by atoms with E-state index in [9.17, 15) is 0 Å². The van der Waals surface area contributed by atoms with Gasteiger partial charge in [0.1, 0.15) is 0 Å². The first-order valence-electron chi connectivity index (χ1n) is 10.1. The Morgan fingerprint density at radius 3 is 2.43 bits per heavy atom. The van der Waals surface area contributed by atoms with Crippen LogP contribution in [0.5, 0.6) is 0 Å². The molecule has 0 aliphatic rings. The Bertz CT molecular complexity index is 1340. The number of aromatic nitrogens is 3. The Hall–Kier alpha value is -3.15. The number of fused-ring (bicyclic) bond motifs is 2. The zero-order chi connectivity index (χ0) is 20.5. The predicted octanol–water partition coefficient (Wildman–Crippen LogP) is 6.13. The van der Waals surface area contributed by atoms with Crippen molar-refractivity contribution in [1.82, 2.24) is 14.6 Å². The van der Waals surface area contributed by atoms with Gasteiger partial charge in [-0.3, -0.25) is 5.14 Å². The van der Waals surface area contributed by atoms with Crippen molar-refractivity contribution in [2.24, 2.45) is 5.14 Å². The monoisotopic (exact) mass is 410 g/mol. The molecule has 0 saturated heterocycles. The highest BCUT2D eigenvalue weighted by Crippen LogP contribution is 2.35. The number of benzene rings is 3. The SMILES string of the molecule is CCCc1ccc(-c2cnc3c(-c4ccc(SN)c5ccccc45)cnn3c2)cc1. The second-order valence-electron chi connectivity index (χ2n) is 7.39. The van der Waals surface area contributed by atoms with Gasteiger partial charge in [0.15, 0.2) is 5.65 Å². The highest BCUT2D eigenvalue weighted by Gasteiger charge is 2.13. The van der Waals surface area contributed by atoms with Gasteiger partial charge in [0.05, 0.1) is 6.20 Å². The molecule has 5 heteroatoms. The van der Waals surface area contributed by atoms with Gasteiger partial charge in [0.2, 0.25) is 0 Å². The second-order valence-corrected chi connectivity index (χ2v) is 8.07. The molecule has 0 saturated carbocycles. The van der Waals surface area contributed by atoms with Gasteiger partial charge < -0.3 is 0 Å². The van der Waals surface area contributed by atoms with Gasteiger partial charge in [-0.1, -0.05) is 67.9 Å². The first-order valence-corrected chi connectivity index (χ1v) is 11.0. The molecule has 30 heavy (non-hydrogen) atoms. The van der Waals surface area contributed by atoms with Gasteiger partial charge in [-0.05, 0) is 51.9 Å². The van der Waals surface area contributed by atoms with Gasteiger partial charge in [0, 0.05) is 28.4 Å². The van der Waals surface area contributed by atoms with Crippen LogP contribution in [0.2, 0.25) is 0 Å². The molecule has 0 radical (unpaired) electrons. The minimum absolute atomic E-state index is 0.847. The van der Waals surface area contributed by atoms with Crippen LogP contribution in [0.25, 0.3) is 38.7 Å². The molecule has 2 heterocycles. The summed E-state index contributed by atoms with van der Waals surface area (Å²) in [5.74, 6) is 0. The average molecular weight is 411 g/mol. The molecule has 0 spiro atoms. The van der Waals surface area contributed by atoms with E-state index < -0.39 is 0 Å². The molecule has 148 valence electrons. The van der Waals surface area contributed by atoms with Gasteiger partial charge >= 0.3 is 0 Å². The Balaban J connectivity index is 1.59. The lowest BCUT2D eigenvalue weighted by Crippen LogP contribution is -1.93. The van der Waals surface area contributed by atoms with Crippen LogP contribution in [-0.2, 0) is 6.42 Å². The van der Waals surface area contributed by atoms with Crippen LogP contribution < -0.4 is 5.14 Å². The average Bonchev–Trinajstić information content (AvgIpc) is 3.22. The Kier molecular flexibility index (Phi) is 4.99. The molecule has 0 aliphatic carbocycles. The molecule has 2 aromatic heterocycles. The molecule has 0 fully saturated rings. The molecule has 5 aromatic rings. The van der Waals surface area contributed by atoms with Crippen LogP contribution in [0.1, 0.15) is 18.9 Å². The lowest BCUT2D eigenvalue weighted by molar-refractivity contribution is 0.921. The van der Waals surface area contributed by atoms with Crippen LogP contribution in [0, 0.1) is 0 Å². The maximum absolute atomic E-state index is 5.86. The summed E-state index contributed by atoms with van der Waals surface area (Å²) in [6.45, 7) is 2.20. The summed E-state index contributed by atoms with van der Waals surface area (Å²) in [6, 6.07) is 21.2. The van der Waals surface area contributed by atoms with Crippen LogP contribution in [-0.4, -0.2) is 14.6 Å². The molecule has 2 N–H and O–H groups in total. The van der Waals surface area contributed by atoms with Gasteiger partial charge in [-0.2, -0.15) is 5.10 Å². The Labute approximate surface area is 179 Å². The summed E-state index contributed by atoms with van der Waals surface area (Å²) >= 11 is 1.27. The third-order valence-corrected chi connectivity index (χ3v) is 6.09. The summed E-state index contributed by atoms with van der Waals surface area (Å²) in [4.78, 5) is 5.84. The van der Waals surface area contributed by atoms with E-state index in [-0.39, 0.29) is 0 Å². The van der Waals surface area contributed by atoms with Crippen molar-refractivity contribution in [3.63, 3.8) is 0 Å². The van der Waals surface area contributed by atoms with E-state index >= 15 is 0 Å². The van der Waals surface area contributed by atoms with E-state index in [1.165, 1.54) is 17.5 Å². The van der Waals surface area contributed by atoms with Crippen LogP contribution in [0.3, 0.4) is 0 Å². The van der Waals surface area contributed by atoms with Crippen LogP contribution >= 0.6 is 11.9 Å². The van der Waals surface area contributed by atoms with Gasteiger partial charge in [-0.15, -0.1) is 0 Å². The number of hydrogen-bond acceptors (Lipinski definition) is 4. The van der Waals surface area contributed by atoms with Crippen LogP contribution in [0.4, 0.5) is 0 Å². The number of rotatable bonds is 5. The Morgan fingerprint density at radius 1 is 0.867 bits per heavy atom. The minimum Gasteiger partial charge on any atom is -0.274 e. The van der Waals surface area contributed by atoms with Crippen molar-refractivity contribution >= 4 is 28.4 Å². The van der Waals surface area contributed by atoms with E-state index in [0.29, 0.717) is 0 Å². The lowest BCUT2D eigenvalue weighted by atomic mass is 10.00.